The van der Waals surface area contributed by atoms with Crippen molar-refractivity contribution in [2.75, 3.05) is 20.6 Å². The molecule has 0 saturated carbocycles. The van der Waals surface area contributed by atoms with Crippen LogP contribution in [-0.4, -0.2) is 37.5 Å². The van der Waals surface area contributed by atoms with Crippen LogP contribution in [-0.2, 0) is 4.79 Å². The van der Waals surface area contributed by atoms with E-state index in [1.807, 2.05) is 14.1 Å². The second-order valence-electron chi connectivity index (χ2n) is 5.05. The van der Waals surface area contributed by atoms with Gasteiger partial charge in [0.05, 0.1) is 6.04 Å². The quantitative estimate of drug-likeness (QED) is 0.767. The normalized spacial score (nSPS) is 12.5. The Balaban J connectivity index is 0. The Morgan fingerprint density at radius 2 is 1.65 bits per heavy atom. The minimum atomic E-state index is -0.0457. The van der Waals surface area contributed by atoms with Crippen molar-refractivity contribution in [2.45, 2.75) is 46.6 Å². The minimum Gasteiger partial charge on any atom is -0.347 e. The lowest BCUT2D eigenvalue weighted by Crippen LogP contribution is -2.48. The molecular weight excluding hydrogens is 236 g/mol. The molecule has 104 valence electrons. The van der Waals surface area contributed by atoms with Crippen LogP contribution in [0, 0.1) is 11.8 Å². The largest absolute Gasteiger partial charge is 0.347 e. The van der Waals surface area contributed by atoms with Crippen molar-refractivity contribution >= 4 is 18.3 Å². The molecule has 0 saturated heterocycles. The zero-order valence-corrected chi connectivity index (χ0v) is 12.9. The molecule has 1 atom stereocenters. The molecule has 0 aromatic heterocycles. The molecule has 1 unspecified atom stereocenters. The maximum Gasteiger partial charge on any atom is 0.239 e. The monoisotopic (exact) mass is 264 g/mol. The van der Waals surface area contributed by atoms with Gasteiger partial charge in [-0.15, -0.1) is 12.4 Å². The first kappa shape index (κ1) is 19.1. The highest BCUT2D eigenvalue weighted by Gasteiger charge is 2.23. The van der Waals surface area contributed by atoms with Crippen molar-refractivity contribution in [3.05, 3.63) is 0 Å². The van der Waals surface area contributed by atoms with Gasteiger partial charge in [-0.05, 0) is 18.4 Å². The van der Waals surface area contributed by atoms with E-state index in [9.17, 15) is 4.79 Å². The van der Waals surface area contributed by atoms with Crippen LogP contribution in [0.1, 0.15) is 40.5 Å². The van der Waals surface area contributed by atoms with E-state index in [2.05, 4.69) is 33.0 Å². The van der Waals surface area contributed by atoms with E-state index in [-0.39, 0.29) is 24.4 Å². The molecule has 1 amide bonds. The first-order valence-electron chi connectivity index (χ1n) is 6.38. The van der Waals surface area contributed by atoms with Crippen molar-refractivity contribution in [3.63, 3.8) is 0 Å². The van der Waals surface area contributed by atoms with Crippen LogP contribution in [0.3, 0.4) is 0 Å². The number of carbonyl (C=O) groups excluding carboxylic acids is 1. The first-order valence-corrected chi connectivity index (χ1v) is 6.38. The summed E-state index contributed by atoms with van der Waals surface area (Å²) in [6, 6.07) is -0.0457. The predicted molar refractivity (Wildman–Crippen MR) is 76.6 cm³/mol. The van der Waals surface area contributed by atoms with E-state index in [0.717, 1.165) is 6.54 Å². The topological polar surface area (TPSA) is 32.3 Å². The fourth-order valence-electron chi connectivity index (χ4n) is 1.76. The van der Waals surface area contributed by atoms with E-state index >= 15 is 0 Å². The summed E-state index contributed by atoms with van der Waals surface area (Å²) in [6.07, 6.45) is 2.34. The Hall–Kier alpha value is -0.280. The summed E-state index contributed by atoms with van der Waals surface area (Å²) in [4.78, 5) is 13.6. The van der Waals surface area contributed by atoms with Gasteiger partial charge in [0.2, 0.25) is 5.91 Å². The number of amides is 1. The Kier molecular flexibility index (Phi) is 10.9. The lowest BCUT2D eigenvalue weighted by Gasteiger charge is -2.26. The third-order valence-electron chi connectivity index (χ3n) is 3.15. The van der Waals surface area contributed by atoms with Crippen LogP contribution in [0.5, 0.6) is 0 Å². The van der Waals surface area contributed by atoms with Gasteiger partial charge in [-0.1, -0.05) is 40.5 Å². The molecule has 0 aliphatic heterocycles. The molecule has 17 heavy (non-hydrogen) atoms. The Morgan fingerprint density at radius 3 is 1.94 bits per heavy atom. The Labute approximate surface area is 113 Å². The average Bonchev–Trinajstić information content (AvgIpc) is 2.23. The van der Waals surface area contributed by atoms with Crippen LogP contribution in [0.2, 0.25) is 0 Å². The summed E-state index contributed by atoms with van der Waals surface area (Å²) < 4.78 is 0. The summed E-state index contributed by atoms with van der Waals surface area (Å²) in [5.41, 5.74) is 0. The van der Waals surface area contributed by atoms with Crippen LogP contribution < -0.4 is 5.32 Å². The standard InChI is InChI=1S/C13H28N2O.ClH/c1-7-11(8-2)9-14-12(10(3)4)13(16)15(5)6;/h10-12,14H,7-9H2,1-6H3;1H. The zero-order chi connectivity index (χ0) is 12.7. The van der Waals surface area contributed by atoms with E-state index in [4.69, 9.17) is 0 Å². The number of rotatable bonds is 7. The minimum absolute atomic E-state index is 0. The van der Waals surface area contributed by atoms with E-state index in [1.165, 1.54) is 12.8 Å². The van der Waals surface area contributed by atoms with Crippen LogP contribution in [0.4, 0.5) is 0 Å². The number of nitrogens with one attached hydrogen (secondary N) is 1. The van der Waals surface area contributed by atoms with Crippen LogP contribution >= 0.6 is 12.4 Å². The molecule has 0 radical (unpaired) electrons. The number of nitrogens with zero attached hydrogens (tertiary/aromatic N) is 1. The summed E-state index contributed by atoms with van der Waals surface area (Å²) in [5.74, 6) is 1.20. The molecule has 4 heteroatoms. The summed E-state index contributed by atoms with van der Waals surface area (Å²) in [5, 5.41) is 3.41. The SMILES string of the molecule is CCC(CC)CNC(C(=O)N(C)C)C(C)C.Cl. The van der Waals surface area contributed by atoms with Gasteiger partial charge >= 0.3 is 0 Å². The molecule has 0 aromatic rings. The Bertz CT molecular complexity index is 204. The smallest absolute Gasteiger partial charge is 0.239 e. The molecular formula is C13H29ClN2O. The molecule has 1 N–H and O–H groups in total. The summed E-state index contributed by atoms with van der Waals surface area (Å²) >= 11 is 0. The van der Waals surface area contributed by atoms with Gasteiger partial charge < -0.3 is 10.2 Å². The van der Waals surface area contributed by atoms with Gasteiger partial charge in [0, 0.05) is 14.1 Å². The zero-order valence-electron chi connectivity index (χ0n) is 12.1. The summed E-state index contributed by atoms with van der Waals surface area (Å²) in [7, 11) is 3.63. The third kappa shape index (κ3) is 6.89. The second kappa shape index (κ2) is 9.72. The number of likely N-dealkylation sites (N-methyl/N-ethyl adjacent to an activating group) is 1. The number of hydrogen-bond donors (Lipinski definition) is 1. The highest BCUT2D eigenvalue weighted by atomic mass is 35.5. The van der Waals surface area contributed by atoms with Gasteiger partial charge in [0.25, 0.3) is 0 Å². The highest BCUT2D eigenvalue weighted by molar-refractivity contribution is 5.85. The predicted octanol–water partition coefficient (Wildman–Crippen LogP) is 2.55. The van der Waals surface area contributed by atoms with Gasteiger partial charge in [0.1, 0.15) is 0 Å². The number of carbonyl (C=O) groups is 1. The molecule has 0 heterocycles. The second-order valence-corrected chi connectivity index (χ2v) is 5.05. The Morgan fingerprint density at radius 1 is 1.18 bits per heavy atom. The van der Waals surface area contributed by atoms with E-state index < -0.39 is 0 Å². The molecule has 0 bridgehead atoms. The maximum atomic E-state index is 11.9. The molecule has 0 fully saturated rings. The lowest BCUT2D eigenvalue weighted by molar-refractivity contribution is -0.132. The first-order chi connectivity index (χ1) is 7.43. The van der Waals surface area contributed by atoms with Crippen LogP contribution in [0.25, 0.3) is 0 Å². The van der Waals surface area contributed by atoms with E-state index in [0.29, 0.717) is 11.8 Å². The average molecular weight is 265 g/mol. The van der Waals surface area contributed by atoms with Crippen molar-refractivity contribution in [2.24, 2.45) is 11.8 Å². The van der Waals surface area contributed by atoms with Crippen molar-refractivity contribution in [1.82, 2.24) is 10.2 Å². The highest BCUT2D eigenvalue weighted by Crippen LogP contribution is 2.09. The number of hydrogen-bond acceptors (Lipinski definition) is 2. The summed E-state index contributed by atoms with van der Waals surface area (Å²) in [6.45, 7) is 9.52. The molecule has 0 aromatic carbocycles. The fourth-order valence-corrected chi connectivity index (χ4v) is 1.76. The van der Waals surface area contributed by atoms with Crippen molar-refractivity contribution in [3.8, 4) is 0 Å². The number of halogens is 1. The van der Waals surface area contributed by atoms with Gasteiger partial charge in [0.15, 0.2) is 0 Å². The lowest BCUT2D eigenvalue weighted by atomic mass is 9.99. The molecule has 0 spiro atoms. The van der Waals surface area contributed by atoms with Gasteiger partial charge in [-0.3, -0.25) is 4.79 Å². The molecule has 0 rings (SSSR count). The van der Waals surface area contributed by atoms with Crippen LogP contribution in [0.15, 0.2) is 0 Å². The molecule has 0 aliphatic carbocycles. The van der Waals surface area contributed by atoms with Crippen molar-refractivity contribution in [1.29, 1.82) is 0 Å². The maximum absolute atomic E-state index is 11.9. The fraction of sp³-hybridized carbons (Fsp3) is 0.923. The molecule has 0 aliphatic rings. The third-order valence-corrected chi connectivity index (χ3v) is 3.15. The van der Waals surface area contributed by atoms with Crippen molar-refractivity contribution < 1.29 is 4.79 Å². The van der Waals surface area contributed by atoms with Gasteiger partial charge in [-0.25, -0.2) is 0 Å². The van der Waals surface area contributed by atoms with Gasteiger partial charge in [-0.2, -0.15) is 0 Å². The molecule has 3 nitrogen and oxygen atoms in total. The van der Waals surface area contributed by atoms with E-state index in [1.54, 1.807) is 4.90 Å².